The Morgan fingerprint density at radius 3 is 2.74 bits per heavy atom. The number of piperidine rings is 1. The van der Waals surface area contributed by atoms with E-state index >= 15 is 0 Å². The zero-order valence-corrected chi connectivity index (χ0v) is 11.6. The van der Waals surface area contributed by atoms with Crippen LogP contribution < -0.4 is 0 Å². The van der Waals surface area contributed by atoms with E-state index in [1.165, 1.54) is 6.42 Å². The van der Waals surface area contributed by atoms with Gasteiger partial charge in [0.15, 0.2) is 0 Å². The summed E-state index contributed by atoms with van der Waals surface area (Å²) in [5, 5.41) is 9.62. The Hall–Kier alpha value is -1.35. The maximum absolute atomic E-state index is 11.7. The fraction of sp³-hybridized carbons (Fsp3) is 0.562. The molecule has 0 bridgehead atoms. The minimum absolute atomic E-state index is 0.417. The first-order valence-corrected chi connectivity index (χ1v) is 7.27. The Bertz CT molecular complexity index is 402. The van der Waals surface area contributed by atoms with Crippen LogP contribution in [0.5, 0.6) is 0 Å². The van der Waals surface area contributed by atoms with Crippen LogP contribution in [0.3, 0.4) is 0 Å². The first-order chi connectivity index (χ1) is 9.24. The van der Waals surface area contributed by atoms with E-state index in [2.05, 4.69) is 11.8 Å². The number of carbonyl (C=O) groups is 1. The van der Waals surface area contributed by atoms with E-state index in [0.717, 1.165) is 37.8 Å². The second kappa shape index (κ2) is 6.71. The highest BCUT2D eigenvalue weighted by Crippen LogP contribution is 2.30. The summed E-state index contributed by atoms with van der Waals surface area (Å²) in [7, 11) is 0. The van der Waals surface area contributed by atoms with Crippen molar-refractivity contribution in [1.29, 1.82) is 0 Å². The Morgan fingerprint density at radius 1 is 1.37 bits per heavy atom. The second-order valence-corrected chi connectivity index (χ2v) is 5.33. The molecule has 2 atom stereocenters. The molecule has 1 saturated heterocycles. The van der Waals surface area contributed by atoms with Crippen molar-refractivity contribution in [2.45, 2.75) is 51.1 Å². The van der Waals surface area contributed by atoms with E-state index in [4.69, 9.17) is 0 Å². The molecule has 0 aromatic heterocycles. The van der Waals surface area contributed by atoms with E-state index in [9.17, 15) is 9.90 Å². The minimum Gasteiger partial charge on any atom is -0.480 e. The molecule has 0 aliphatic carbocycles. The van der Waals surface area contributed by atoms with Crippen LogP contribution >= 0.6 is 0 Å². The number of carboxylic acid groups (broad SMARTS) is 1. The fourth-order valence-corrected chi connectivity index (χ4v) is 3.12. The number of rotatable bonds is 5. The number of hydrogen-bond acceptors (Lipinski definition) is 2. The minimum atomic E-state index is -0.728. The third-order valence-electron chi connectivity index (χ3n) is 3.98. The number of likely N-dealkylation sites (tertiary alicyclic amines) is 1. The van der Waals surface area contributed by atoms with Crippen molar-refractivity contribution >= 4 is 5.97 Å². The van der Waals surface area contributed by atoms with Gasteiger partial charge in [-0.3, -0.25) is 9.69 Å². The Morgan fingerprint density at radius 2 is 2.11 bits per heavy atom. The highest BCUT2D eigenvalue weighted by atomic mass is 16.4. The average molecular weight is 261 g/mol. The molecule has 1 N–H and O–H groups in total. The van der Waals surface area contributed by atoms with E-state index in [1.54, 1.807) is 0 Å². The van der Waals surface area contributed by atoms with Crippen LogP contribution in [0.2, 0.25) is 0 Å². The van der Waals surface area contributed by atoms with Crippen molar-refractivity contribution in [1.82, 2.24) is 4.90 Å². The van der Waals surface area contributed by atoms with Crippen molar-refractivity contribution in [3.8, 4) is 0 Å². The summed E-state index contributed by atoms with van der Waals surface area (Å²) in [6, 6.07) is 9.56. The SMILES string of the molecule is CCCC1CCCCN1C(C(=O)O)c1ccccc1. The molecule has 0 spiro atoms. The van der Waals surface area contributed by atoms with Crippen LogP contribution in [-0.2, 0) is 4.79 Å². The van der Waals surface area contributed by atoms with E-state index in [1.807, 2.05) is 30.3 Å². The van der Waals surface area contributed by atoms with Crippen LogP contribution in [0.25, 0.3) is 0 Å². The summed E-state index contributed by atoms with van der Waals surface area (Å²) in [6.07, 6.45) is 5.67. The highest BCUT2D eigenvalue weighted by molar-refractivity contribution is 5.75. The van der Waals surface area contributed by atoms with Gasteiger partial charge in [0.25, 0.3) is 0 Å². The topological polar surface area (TPSA) is 40.5 Å². The first kappa shape index (κ1) is 14.1. The van der Waals surface area contributed by atoms with E-state index in [0.29, 0.717) is 6.04 Å². The molecule has 1 aromatic rings. The number of hydrogen-bond donors (Lipinski definition) is 1. The quantitative estimate of drug-likeness (QED) is 0.882. The molecule has 19 heavy (non-hydrogen) atoms. The second-order valence-electron chi connectivity index (χ2n) is 5.33. The van der Waals surface area contributed by atoms with Gasteiger partial charge in [0.1, 0.15) is 6.04 Å². The summed E-state index contributed by atoms with van der Waals surface area (Å²) < 4.78 is 0. The number of benzene rings is 1. The smallest absolute Gasteiger partial charge is 0.325 e. The summed E-state index contributed by atoms with van der Waals surface area (Å²) in [5.74, 6) is -0.728. The Balaban J connectivity index is 2.24. The molecule has 2 rings (SSSR count). The van der Waals surface area contributed by atoms with Crippen molar-refractivity contribution < 1.29 is 9.90 Å². The molecule has 0 saturated carbocycles. The average Bonchev–Trinajstić information content (AvgIpc) is 2.42. The first-order valence-electron chi connectivity index (χ1n) is 7.27. The molecule has 0 radical (unpaired) electrons. The van der Waals surface area contributed by atoms with Gasteiger partial charge in [-0.1, -0.05) is 50.1 Å². The lowest BCUT2D eigenvalue weighted by Gasteiger charge is -2.39. The molecular formula is C16H23NO2. The maximum atomic E-state index is 11.7. The fourth-order valence-electron chi connectivity index (χ4n) is 3.12. The van der Waals surface area contributed by atoms with E-state index < -0.39 is 12.0 Å². The van der Waals surface area contributed by atoms with Gasteiger partial charge < -0.3 is 5.11 Å². The molecule has 3 nitrogen and oxygen atoms in total. The van der Waals surface area contributed by atoms with Gasteiger partial charge in [-0.25, -0.2) is 0 Å². The number of nitrogens with zero attached hydrogens (tertiary/aromatic N) is 1. The standard InChI is InChI=1S/C16H23NO2/c1-2-8-14-11-6-7-12-17(14)15(16(18)19)13-9-4-3-5-10-13/h3-5,9-10,14-15H,2,6-8,11-12H2,1H3,(H,18,19). The van der Waals surface area contributed by atoms with Gasteiger partial charge in [-0.2, -0.15) is 0 Å². The summed E-state index contributed by atoms with van der Waals surface area (Å²) >= 11 is 0. The van der Waals surface area contributed by atoms with Crippen LogP contribution in [0.15, 0.2) is 30.3 Å². The molecular weight excluding hydrogens is 238 g/mol. The van der Waals surface area contributed by atoms with Gasteiger partial charge in [0.05, 0.1) is 0 Å². The predicted molar refractivity (Wildman–Crippen MR) is 76.1 cm³/mol. The van der Waals surface area contributed by atoms with Gasteiger partial charge in [0.2, 0.25) is 0 Å². The number of aliphatic carboxylic acids is 1. The molecule has 3 heteroatoms. The van der Waals surface area contributed by atoms with Gasteiger partial charge in [0, 0.05) is 6.04 Å². The lowest BCUT2D eigenvalue weighted by Crippen LogP contribution is -2.44. The predicted octanol–water partition coefficient (Wildman–Crippen LogP) is 3.47. The lowest BCUT2D eigenvalue weighted by atomic mass is 9.94. The third-order valence-corrected chi connectivity index (χ3v) is 3.98. The van der Waals surface area contributed by atoms with Crippen LogP contribution in [0, 0.1) is 0 Å². The largest absolute Gasteiger partial charge is 0.480 e. The van der Waals surface area contributed by atoms with Crippen molar-refractivity contribution in [3.63, 3.8) is 0 Å². The van der Waals surface area contributed by atoms with E-state index in [-0.39, 0.29) is 0 Å². The number of carboxylic acids is 1. The van der Waals surface area contributed by atoms with Crippen molar-refractivity contribution in [2.24, 2.45) is 0 Å². The van der Waals surface area contributed by atoms with Gasteiger partial charge in [-0.15, -0.1) is 0 Å². The Kier molecular flexibility index (Phi) is 4.97. The zero-order valence-electron chi connectivity index (χ0n) is 11.6. The molecule has 0 amide bonds. The molecule has 104 valence electrons. The van der Waals surface area contributed by atoms with Crippen molar-refractivity contribution in [2.75, 3.05) is 6.54 Å². The molecule has 2 unspecified atom stereocenters. The zero-order chi connectivity index (χ0) is 13.7. The molecule has 1 fully saturated rings. The van der Waals surface area contributed by atoms with Crippen LogP contribution in [-0.4, -0.2) is 28.6 Å². The highest BCUT2D eigenvalue weighted by Gasteiger charge is 2.33. The lowest BCUT2D eigenvalue weighted by molar-refractivity contribution is -0.145. The molecule has 1 aliphatic heterocycles. The summed E-state index contributed by atoms with van der Waals surface area (Å²) in [4.78, 5) is 13.9. The van der Waals surface area contributed by atoms with Crippen LogP contribution in [0.4, 0.5) is 0 Å². The third kappa shape index (κ3) is 3.35. The summed E-state index contributed by atoms with van der Waals surface area (Å²) in [5.41, 5.74) is 0.901. The normalized spacial score (nSPS) is 22.1. The molecule has 1 aliphatic rings. The molecule has 1 heterocycles. The van der Waals surface area contributed by atoms with Gasteiger partial charge >= 0.3 is 5.97 Å². The van der Waals surface area contributed by atoms with Crippen LogP contribution in [0.1, 0.15) is 50.6 Å². The molecule has 1 aromatic carbocycles. The summed E-state index contributed by atoms with van der Waals surface area (Å²) in [6.45, 7) is 3.07. The van der Waals surface area contributed by atoms with Crippen molar-refractivity contribution in [3.05, 3.63) is 35.9 Å². The monoisotopic (exact) mass is 261 g/mol. The Labute approximate surface area is 115 Å². The maximum Gasteiger partial charge on any atom is 0.325 e. The van der Waals surface area contributed by atoms with Gasteiger partial charge in [-0.05, 0) is 31.4 Å².